The van der Waals surface area contributed by atoms with E-state index in [0.717, 1.165) is 24.3 Å². The highest BCUT2D eigenvalue weighted by atomic mass is 32.2. The van der Waals surface area contributed by atoms with Gasteiger partial charge in [-0.05, 0) is 36.1 Å². The van der Waals surface area contributed by atoms with Gasteiger partial charge >= 0.3 is 6.36 Å². The third kappa shape index (κ3) is 4.16. The maximum Gasteiger partial charge on any atom is 0.573 e. The normalized spacial score (nSPS) is 23.2. The Morgan fingerprint density at radius 3 is 2.20 bits per heavy atom. The number of carbonyl (C=O) groups is 1. The van der Waals surface area contributed by atoms with Crippen molar-refractivity contribution in [2.24, 2.45) is 17.6 Å². The van der Waals surface area contributed by atoms with E-state index in [4.69, 9.17) is 5.73 Å². The van der Waals surface area contributed by atoms with E-state index >= 15 is 0 Å². The molecule has 2 atom stereocenters. The molecule has 1 amide bonds. The van der Waals surface area contributed by atoms with E-state index in [9.17, 15) is 26.4 Å². The number of aromatic nitrogens is 2. The van der Waals surface area contributed by atoms with Crippen LogP contribution in [-0.4, -0.2) is 49.8 Å². The van der Waals surface area contributed by atoms with Gasteiger partial charge in [-0.3, -0.25) is 4.79 Å². The molecule has 0 spiro atoms. The molecule has 1 saturated heterocycles. The Hall–Kier alpha value is -2.93. The summed E-state index contributed by atoms with van der Waals surface area (Å²) >= 11 is 0. The summed E-state index contributed by atoms with van der Waals surface area (Å²) < 4.78 is 68.0. The highest BCUT2D eigenvalue weighted by molar-refractivity contribution is 7.89. The molecule has 2 aliphatic rings. The first kappa shape index (κ1) is 20.3. The van der Waals surface area contributed by atoms with Crippen LogP contribution in [0.1, 0.15) is 10.4 Å². The third-order valence-electron chi connectivity index (χ3n) is 5.06. The Morgan fingerprint density at radius 2 is 1.70 bits per heavy atom. The van der Waals surface area contributed by atoms with Crippen molar-refractivity contribution in [1.29, 1.82) is 0 Å². The van der Waals surface area contributed by atoms with Crippen molar-refractivity contribution in [2.75, 3.05) is 18.0 Å². The maximum atomic E-state index is 12.5. The lowest BCUT2D eigenvalue weighted by Gasteiger charge is -2.20. The number of nitrogens with two attached hydrogens (primary N) is 1. The summed E-state index contributed by atoms with van der Waals surface area (Å²) in [5, 5.41) is 0. The number of hydrogen-bond acceptors (Lipinski definition) is 7. The van der Waals surface area contributed by atoms with Crippen molar-refractivity contribution in [2.45, 2.75) is 17.3 Å². The van der Waals surface area contributed by atoms with Crippen LogP contribution in [0.15, 0.2) is 41.6 Å². The molecule has 2 heterocycles. The van der Waals surface area contributed by atoms with E-state index in [1.54, 1.807) is 0 Å². The van der Waals surface area contributed by atoms with Crippen molar-refractivity contribution < 1.29 is 31.1 Å². The molecule has 1 aliphatic heterocycles. The highest BCUT2D eigenvalue weighted by Crippen LogP contribution is 2.46. The standard InChI is InChI=1S/C17H16F3N5O4S/c18-17(19,20)29-10-1-3-11(4-2-10)30(27,28)24-14-12-7-25(8-13(12)14)16-22-5-9(6-23-16)15(21)26/h1-6,12-14,24H,7-8H2,(H2,21,26). The van der Waals surface area contributed by atoms with E-state index in [0.29, 0.717) is 19.0 Å². The topological polar surface area (TPSA) is 128 Å². The minimum atomic E-state index is -4.85. The Kier molecular flexibility index (Phi) is 4.81. The fourth-order valence-corrected chi connectivity index (χ4v) is 4.88. The Balaban J connectivity index is 1.35. The number of sulfonamides is 1. The molecule has 4 rings (SSSR count). The maximum absolute atomic E-state index is 12.5. The van der Waals surface area contributed by atoms with Crippen molar-refractivity contribution in [1.82, 2.24) is 14.7 Å². The molecule has 0 radical (unpaired) electrons. The Morgan fingerprint density at radius 1 is 1.13 bits per heavy atom. The lowest BCUT2D eigenvalue weighted by molar-refractivity contribution is -0.274. The Bertz CT molecular complexity index is 1050. The van der Waals surface area contributed by atoms with Gasteiger partial charge in [0.05, 0.1) is 10.5 Å². The summed E-state index contributed by atoms with van der Waals surface area (Å²) in [5.41, 5.74) is 5.35. The number of anilines is 1. The number of hydrogen-bond donors (Lipinski definition) is 2. The van der Waals surface area contributed by atoms with Gasteiger partial charge in [-0.2, -0.15) is 0 Å². The van der Waals surface area contributed by atoms with Crippen LogP contribution in [0.2, 0.25) is 0 Å². The van der Waals surface area contributed by atoms with Crippen molar-refractivity contribution in [3.63, 3.8) is 0 Å². The number of halogens is 3. The zero-order valence-corrected chi connectivity index (χ0v) is 16.0. The van der Waals surface area contributed by atoms with Crippen LogP contribution in [0.3, 0.4) is 0 Å². The first-order valence-corrected chi connectivity index (χ1v) is 10.3. The quantitative estimate of drug-likeness (QED) is 0.679. The van der Waals surface area contributed by atoms with Crippen molar-refractivity contribution in [3.8, 4) is 5.75 Å². The number of alkyl halides is 3. The van der Waals surface area contributed by atoms with E-state index in [2.05, 4.69) is 19.4 Å². The number of amides is 1. The molecule has 2 aromatic rings. The second kappa shape index (κ2) is 7.09. The Labute approximate surface area is 169 Å². The first-order chi connectivity index (χ1) is 14.0. The minimum Gasteiger partial charge on any atom is -0.406 e. The van der Waals surface area contributed by atoms with Gasteiger partial charge in [0.2, 0.25) is 16.0 Å². The highest BCUT2D eigenvalue weighted by Gasteiger charge is 2.57. The summed E-state index contributed by atoms with van der Waals surface area (Å²) in [7, 11) is -3.88. The predicted molar refractivity (Wildman–Crippen MR) is 97.0 cm³/mol. The largest absolute Gasteiger partial charge is 0.573 e. The smallest absolute Gasteiger partial charge is 0.406 e. The summed E-state index contributed by atoms with van der Waals surface area (Å²) in [5.74, 6) is -0.575. The van der Waals surface area contributed by atoms with E-state index in [1.165, 1.54) is 12.4 Å². The average molecular weight is 443 g/mol. The number of carbonyl (C=O) groups excluding carboxylic acids is 1. The molecule has 2 unspecified atom stereocenters. The van der Waals surface area contributed by atoms with Crippen LogP contribution < -0.4 is 20.1 Å². The lowest BCUT2D eigenvalue weighted by Crippen LogP contribution is -2.35. The molecule has 9 nitrogen and oxygen atoms in total. The van der Waals surface area contributed by atoms with Crippen LogP contribution in [-0.2, 0) is 10.0 Å². The lowest BCUT2D eigenvalue weighted by atomic mass is 10.3. The van der Waals surface area contributed by atoms with Gasteiger partial charge < -0.3 is 15.4 Å². The summed E-state index contributed by atoms with van der Waals surface area (Å²) in [4.78, 5) is 21.0. The van der Waals surface area contributed by atoms with E-state index in [1.807, 2.05) is 4.90 Å². The SMILES string of the molecule is NC(=O)c1cnc(N2CC3C(C2)C3NS(=O)(=O)c2ccc(OC(F)(F)F)cc2)nc1. The van der Waals surface area contributed by atoms with Crippen LogP contribution in [0, 0.1) is 11.8 Å². The number of nitrogens with one attached hydrogen (secondary N) is 1. The van der Waals surface area contributed by atoms with Gasteiger partial charge in [-0.25, -0.2) is 23.1 Å². The summed E-state index contributed by atoms with van der Waals surface area (Å²) in [6, 6.07) is 3.74. The number of benzene rings is 1. The van der Waals surface area contributed by atoms with E-state index < -0.39 is 28.0 Å². The zero-order chi connectivity index (χ0) is 21.7. The summed E-state index contributed by atoms with van der Waals surface area (Å²) in [6.07, 6.45) is -2.18. The number of nitrogens with zero attached hydrogens (tertiary/aromatic N) is 3. The predicted octanol–water partition coefficient (Wildman–Crippen LogP) is 0.887. The first-order valence-electron chi connectivity index (χ1n) is 8.78. The molecule has 3 N–H and O–H groups in total. The second-order valence-electron chi connectivity index (χ2n) is 7.03. The molecule has 1 aromatic heterocycles. The van der Waals surface area contributed by atoms with Gasteiger partial charge in [0, 0.05) is 31.5 Å². The van der Waals surface area contributed by atoms with Gasteiger partial charge in [-0.15, -0.1) is 13.2 Å². The van der Waals surface area contributed by atoms with Gasteiger partial charge in [0.15, 0.2) is 0 Å². The van der Waals surface area contributed by atoms with Gasteiger partial charge in [0.25, 0.3) is 5.91 Å². The molecule has 30 heavy (non-hydrogen) atoms. The molecular formula is C17H16F3N5O4S. The fourth-order valence-electron chi connectivity index (χ4n) is 3.54. The van der Waals surface area contributed by atoms with Gasteiger partial charge in [-0.1, -0.05) is 0 Å². The molecule has 1 aliphatic carbocycles. The average Bonchev–Trinajstić information content (AvgIpc) is 3.10. The van der Waals surface area contributed by atoms with Crippen molar-refractivity contribution in [3.05, 3.63) is 42.2 Å². The monoisotopic (exact) mass is 443 g/mol. The molecule has 13 heteroatoms. The fraction of sp³-hybridized carbons (Fsp3) is 0.353. The molecular weight excluding hydrogens is 427 g/mol. The number of piperidine rings is 1. The molecule has 1 aromatic carbocycles. The molecule has 160 valence electrons. The number of ether oxygens (including phenoxy) is 1. The van der Waals surface area contributed by atoms with E-state index in [-0.39, 0.29) is 28.3 Å². The van der Waals surface area contributed by atoms with Crippen molar-refractivity contribution >= 4 is 21.9 Å². The molecule has 0 bridgehead atoms. The number of primary amides is 1. The molecule has 1 saturated carbocycles. The second-order valence-corrected chi connectivity index (χ2v) is 8.75. The third-order valence-corrected chi connectivity index (χ3v) is 6.53. The number of fused-ring (bicyclic) bond motifs is 1. The minimum absolute atomic E-state index is 0.0621. The van der Waals surface area contributed by atoms with Crippen LogP contribution in [0.5, 0.6) is 5.75 Å². The van der Waals surface area contributed by atoms with Crippen LogP contribution in [0.25, 0.3) is 0 Å². The van der Waals surface area contributed by atoms with Crippen LogP contribution in [0.4, 0.5) is 19.1 Å². The molecule has 2 fully saturated rings. The van der Waals surface area contributed by atoms with Crippen LogP contribution >= 0.6 is 0 Å². The number of rotatable bonds is 6. The summed E-state index contributed by atoms with van der Waals surface area (Å²) in [6.45, 7) is 1.07. The van der Waals surface area contributed by atoms with Gasteiger partial charge in [0.1, 0.15) is 5.75 Å². The zero-order valence-electron chi connectivity index (χ0n) is 15.2.